The van der Waals surface area contributed by atoms with Crippen molar-refractivity contribution in [1.29, 1.82) is 0 Å². The minimum atomic E-state index is -0.0446. The van der Waals surface area contributed by atoms with Crippen molar-refractivity contribution in [2.45, 2.75) is 20.3 Å². The van der Waals surface area contributed by atoms with Crippen molar-refractivity contribution in [3.8, 4) is 0 Å². The van der Waals surface area contributed by atoms with Gasteiger partial charge in [-0.3, -0.25) is 9.79 Å². The van der Waals surface area contributed by atoms with E-state index in [-0.39, 0.29) is 5.91 Å². The molecule has 0 radical (unpaired) electrons. The van der Waals surface area contributed by atoms with Gasteiger partial charge in [0.2, 0.25) is 0 Å². The second kappa shape index (κ2) is 5.99. The molecular formula is C14H18N2O. The topological polar surface area (TPSA) is 41.5 Å². The molecule has 0 heterocycles. The lowest BCUT2D eigenvalue weighted by Crippen LogP contribution is -2.19. The predicted octanol–water partition coefficient (Wildman–Crippen LogP) is 2.67. The second-order valence-electron chi connectivity index (χ2n) is 3.80. The third-order valence-corrected chi connectivity index (χ3v) is 2.70. The van der Waals surface area contributed by atoms with Crippen LogP contribution in [-0.4, -0.2) is 19.7 Å². The Morgan fingerprint density at radius 2 is 2.24 bits per heavy atom. The first-order valence-electron chi connectivity index (χ1n) is 5.62. The predicted molar refractivity (Wildman–Crippen MR) is 72.4 cm³/mol. The number of allylic oxidation sites excluding steroid dienone is 1. The first-order valence-corrected chi connectivity index (χ1v) is 5.62. The number of amides is 1. The maximum absolute atomic E-state index is 11.6. The Bertz CT molecular complexity index is 461. The van der Waals surface area contributed by atoms with Crippen LogP contribution in [0, 0.1) is 0 Å². The Labute approximate surface area is 102 Å². The molecule has 3 nitrogen and oxygen atoms in total. The highest BCUT2D eigenvalue weighted by Crippen LogP contribution is 2.19. The van der Waals surface area contributed by atoms with Crippen molar-refractivity contribution < 1.29 is 4.79 Å². The fraction of sp³-hybridized carbons (Fsp3) is 0.286. The number of nitrogens with zero attached hydrogens (tertiary/aromatic N) is 1. The molecule has 17 heavy (non-hydrogen) atoms. The average Bonchev–Trinajstić information content (AvgIpc) is 2.37. The van der Waals surface area contributed by atoms with Crippen LogP contribution in [0.5, 0.6) is 0 Å². The van der Waals surface area contributed by atoms with Gasteiger partial charge in [-0.2, -0.15) is 0 Å². The smallest absolute Gasteiger partial charge is 0.251 e. The Kier molecular flexibility index (Phi) is 4.64. The van der Waals surface area contributed by atoms with E-state index in [1.54, 1.807) is 13.2 Å². The van der Waals surface area contributed by atoms with Crippen molar-refractivity contribution >= 4 is 18.2 Å². The van der Waals surface area contributed by atoms with Crippen LogP contribution in [0.1, 0.15) is 35.3 Å². The fourth-order valence-electron chi connectivity index (χ4n) is 1.70. The van der Waals surface area contributed by atoms with E-state index in [9.17, 15) is 4.79 Å². The molecule has 1 aromatic carbocycles. The maximum Gasteiger partial charge on any atom is 0.251 e. The van der Waals surface area contributed by atoms with E-state index >= 15 is 0 Å². The van der Waals surface area contributed by atoms with Crippen LogP contribution >= 0.6 is 0 Å². The minimum absolute atomic E-state index is 0.0446. The largest absolute Gasteiger partial charge is 0.355 e. The van der Waals surface area contributed by atoms with E-state index in [0.717, 1.165) is 28.7 Å². The van der Waals surface area contributed by atoms with Gasteiger partial charge in [-0.1, -0.05) is 19.1 Å². The molecule has 3 heteroatoms. The lowest BCUT2D eigenvalue weighted by atomic mass is 9.98. The zero-order valence-electron chi connectivity index (χ0n) is 10.6. The molecule has 0 atom stereocenters. The molecule has 1 N–H and O–H groups in total. The van der Waals surface area contributed by atoms with Crippen molar-refractivity contribution in [3.05, 3.63) is 41.1 Å². The van der Waals surface area contributed by atoms with Crippen LogP contribution in [0.2, 0.25) is 0 Å². The number of carbonyl (C=O) groups excluding carboxylic acids is 1. The first kappa shape index (κ1) is 13.2. The first-order chi connectivity index (χ1) is 8.13. The molecule has 0 unspecified atom stereocenters. The van der Waals surface area contributed by atoms with Crippen molar-refractivity contribution in [3.63, 3.8) is 0 Å². The molecule has 0 aromatic heterocycles. The molecular weight excluding hydrogens is 212 g/mol. The summed E-state index contributed by atoms with van der Waals surface area (Å²) < 4.78 is 0. The van der Waals surface area contributed by atoms with E-state index in [0.29, 0.717) is 0 Å². The monoisotopic (exact) mass is 230 g/mol. The summed E-state index contributed by atoms with van der Waals surface area (Å²) in [5.41, 5.74) is 3.89. The lowest BCUT2D eigenvalue weighted by molar-refractivity contribution is 0.0962. The number of hydrogen-bond acceptors (Lipinski definition) is 2. The second-order valence-corrected chi connectivity index (χ2v) is 3.80. The van der Waals surface area contributed by atoms with Crippen molar-refractivity contribution in [1.82, 2.24) is 5.32 Å². The summed E-state index contributed by atoms with van der Waals surface area (Å²) in [4.78, 5) is 15.4. The minimum Gasteiger partial charge on any atom is -0.355 e. The van der Waals surface area contributed by atoms with Crippen molar-refractivity contribution in [2.75, 3.05) is 7.05 Å². The van der Waals surface area contributed by atoms with Gasteiger partial charge in [0.1, 0.15) is 0 Å². The summed E-state index contributed by atoms with van der Waals surface area (Å²) in [5, 5.41) is 2.65. The van der Waals surface area contributed by atoms with Gasteiger partial charge in [0.05, 0.1) is 0 Å². The summed E-state index contributed by atoms with van der Waals surface area (Å²) in [6.07, 6.45) is 2.54. The van der Waals surface area contributed by atoms with Crippen LogP contribution in [0.25, 0.3) is 5.57 Å². The van der Waals surface area contributed by atoms with E-state index in [4.69, 9.17) is 0 Å². The van der Waals surface area contributed by atoms with E-state index in [1.165, 1.54) is 0 Å². The summed E-state index contributed by atoms with van der Waals surface area (Å²) >= 11 is 0. The van der Waals surface area contributed by atoms with Gasteiger partial charge in [-0.05, 0) is 42.8 Å². The third-order valence-electron chi connectivity index (χ3n) is 2.70. The Morgan fingerprint density at radius 1 is 1.53 bits per heavy atom. The number of aliphatic imine (C=N–C) groups is 1. The third kappa shape index (κ3) is 3.03. The molecule has 0 spiro atoms. The van der Waals surface area contributed by atoms with Gasteiger partial charge in [0.15, 0.2) is 0 Å². The molecule has 1 rings (SSSR count). The van der Waals surface area contributed by atoms with Gasteiger partial charge in [-0.25, -0.2) is 0 Å². The fourth-order valence-corrected chi connectivity index (χ4v) is 1.70. The molecule has 1 aromatic rings. The Morgan fingerprint density at radius 3 is 2.76 bits per heavy atom. The van der Waals surface area contributed by atoms with E-state index < -0.39 is 0 Å². The van der Waals surface area contributed by atoms with Gasteiger partial charge in [0.25, 0.3) is 5.91 Å². The Hall–Kier alpha value is -1.90. The number of benzene rings is 1. The molecule has 90 valence electrons. The molecule has 0 bridgehead atoms. The quantitative estimate of drug-likeness (QED) is 0.794. The highest BCUT2D eigenvalue weighted by molar-refractivity contribution is 5.95. The molecule has 0 saturated carbocycles. The van der Waals surface area contributed by atoms with Crippen LogP contribution in [-0.2, 0) is 6.42 Å². The average molecular weight is 230 g/mol. The van der Waals surface area contributed by atoms with Crippen molar-refractivity contribution in [2.24, 2.45) is 4.99 Å². The van der Waals surface area contributed by atoms with E-state index in [2.05, 4.69) is 17.0 Å². The number of aryl methyl sites for hydroxylation is 1. The standard InChI is InChI=1S/C14H18N2O/c1-5-11-8-12(10(2)9-15-3)6-7-13(11)14(17)16-4/h6-9H,3,5H2,1-2,4H3,(H,16,17). The molecule has 0 saturated heterocycles. The maximum atomic E-state index is 11.6. The Balaban J connectivity index is 3.21. The summed E-state index contributed by atoms with van der Waals surface area (Å²) in [5.74, 6) is -0.0446. The van der Waals surface area contributed by atoms with Gasteiger partial charge in [0, 0.05) is 18.8 Å². The SMILES string of the molecule is C=NC=C(C)c1ccc(C(=O)NC)c(CC)c1. The van der Waals surface area contributed by atoms with E-state index in [1.807, 2.05) is 32.0 Å². The lowest BCUT2D eigenvalue weighted by Gasteiger charge is -2.09. The summed E-state index contributed by atoms with van der Waals surface area (Å²) in [6.45, 7) is 7.45. The molecule has 1 amide bonds. The zero-order chi connectivity index (χ0) is 12.8. The number of hydrogen-bond donors (Lipinski definition) is 1. The van der Waals surface area contributed by atoms with Gasteiger partial charge >= 0.3 is 0 Å². The van der Waals surface area contributed by atoms with Crippen LogP contribution < -0.4 is 5.32 Å². The summed E-state index contributed by atoms with van der Waals surface area (Å²) in [7, 11) is 1.64. The van der Waals surface area contributed by atoms with Gasteiger partial charge in [-0.15, -0.1) is 0 Å². The zero-order valence-corrected chi connectivity index (χ0v) is 10.6. The molecule has 0 fully saturated rings. The number of carbonyl (C=O) groups is 1. The molecule has 0 aliphatic rings. The molecule has 0 aliphatic heterocycles. The van der Waals surface area contributed by atoms with Crippen LogP contribution in [0.3, 0.4) is 0 Å². The van der Waals surface area contributed by atoms with Gasteiger partial charge < -0.3 is 5.32 Å². The highest BCUT2D eigenvalue weighted by atomic mass is 16.1. The summed E-state index contributed by atoms with van der Waals surface area (Å²) in [6, 6.07) is 5.82. The number of rotatable bonds is 4. The van der Waals surface area contributed by atoms with Crippen LogP contribution in [0.15, 0.2) is 29.4 Å². The number of nitrogens with one attached hydrogen (secondary N) is 1. The highest BCUT2D eigenvalue weighted by Gasteiger charge is 2.09. The normalized spacial score (nSPS) is 11.1. The van der Waals surface area contributed by atoms with Crippen LogP contribution in [0.4, 0.5) is 0 Å². The molecule has 0 aliphatic carbocycles.